The van der Waals surface area contributed by atoms with E-state index in [1.807, 2.05) is 42.5 Å². The minimum atomic E-state index is -0.505. The highest BCUT2D eigenvalue weighted by Gasteiger charge is 2.30. The molecule has 0 saturated carbocycles. The molecule has 1 atom stereocenters. The van der Waals surface area contributed by atoms with Crippen LogP contribution in [0.1, 0.15) is 11.7 Å². The van der Waals surface area contributed by atoms with Gasteiger partial charge < -0.3 is 5.11 Å². The molecule has 0 aromatic heterocycles. The summed E-state index contributed by atoms with van der Waals surface area (Å²) in [5.74, 6) is 0. The number of rotatable bonds is 0. The van der Waals surface area contributed by atoms with E-state index in [2.05, 4.69) is 6.08 Å². The minimum Gasteiger partial charge on any atom is -0.371 e. The first-order chi connectivity index (χ1) is 7.36. The first-order valence-electron chi connectivity index (χ1n) is 4.81. The van der Waals surface area contributed by atoms with E-state index < -0.39 is 6.10 Å². The van der Waals surface area contributed by atoms with Gasteiger partial charge in [0.2, 0.25) is 0 Å². The zero-order chi connectivity index (χ0) is 10.3. The highest BCUT2D eigenvalue weighted by atomic mass is 32.2. The van der Waals surface area contributed by atoms with E-state index in [-0.39, 0.29) is 0 Å². The Morgan fingerprint density at radius 1 is 1.27 bits per heavy atom. The van der Waals surface area contributed by atoms with E-state index in [0.717, 1.165) is 20.9 Å². The number of fused-ring (bicyclic) bond motifs is 1. The summed E-state index contributed by atoms with van der Waals surface area (Å²) >= 11 is 1.71. The van der Waals surface area contributed by atoms with Crippen molar-refractivity contribution in [3.63, 3.8) is 0 Å². The van der Waals surface area contributed by atoms with Gasteiger partial charge >= 0.3 is 0 Å². The van der Waals surface area contributed by atoms with Gasteiger partial charge in [-0.1, -0.05) is 30.0 Å². The fourth-order valence-corrected chi connectivity index (χ4v) is 2.93. The maximum Gasteiger partial charge on any atom is 0.152 e. The van der Waals surface area contributed by atoms with Crippen molar-refractivity contribution in [2.75, 3.05) is 0 Å². The summed E-state index contributed by atoms with van der Waals surface area (Å²) in [5.41, 5.74) is 1.95. The van der Waals surface area contributed by atoms with Gasteiger partial charge in [0.1, 0.15) is 22.6 Å². The lowest BCUT2D eigenvalue weighted by Crippen LogP contribution is -2.08. The maximum atomic E-state index is 10.2. The molecule has 72 valence electrons. The van der Waals surface area contributed by atoms with Crippen molar-refractivity contribution in [2.24, 2.45) is 0 Å². The van der Waals surface area contributed by atoms with Crippen molar-refractivity contribution in [3.8, 4) is 0 Å². The molecule has 0 bridgehead atoms. The Bertz CT molecular complexity index is 497. The fourth-order valence-electron chi connectivity index (χ4n) is 1.82. The van der Waals surface area contributed by atoms with Gasteiger partial charge in [-0.05, 0) is 6.07 Å². The van der Waals surface area contributed by atoms with Gasteiger partial charge in [0, 0.05) is 16.5 Å². The average molecular weight is 213 g/mol. The van der Waals surface area contributed by atoms with Crippen molar-refractivity contribution in [2.45, 2.75) is 11.0 Å². The van der Waals surface area contributed by atoms with Gasteiger partial charge in [0.15, 0.2) is 6.10 Å². The standard InChI is InChI=1S/C13H9OS/c14-13-9-5-1-3-7-11(9)15-12-8-4-2-6-10(12)13/h1,3-8,13-14H/q+1. The molecule has 1 aliphatic carbocycles. The number of allylic oxidation sites excluding steroid dienone is 3. The van der Waals surface area contributed by atoms with E-state index in [9.17, 15) is 5.11 Å². The Labute approximate surface area is 92.8 Å². The van der Waals surface area contributed by atoms with Crippen LogP contribution in [0.5, 0.6) is 0 Å². The molecule has 0 spiro atoms. The van der Waals surface area contributed by atoms with Gasteiger partial charge in [0.25, 0.3) is 0 Å². The van der Waals surface area contributed by atoms with Crippen LogP contribution in [0.3, 0.4) is 0 Å². The molecular weight excluding hydrogens is 204 g/mol. The Kier molecular flexibility index (Phi) is 2.00. The molecular formula is C13H9OS+. The molecule has 0 amide bonds. The van der Waals surface area contributed by atoms with Crippen molar-refractivity contribution in [1.82, 2.24) is 0 Å². The van der Waals surface area contributed by atoms with Gasteiger partial charge in [-0.15, -0.1) is 0 Å². The molecule has 0 fully saturated rings. The van der Waals surface area contributed by atoms with E-state index in [1.165, 1.54) is 0 Å². The van der Waals surface area contributed by atoms with E-state index in [0.29, 0.717) is 0 Å². The van der Waals surface area contributed by atoms with Gasteiger partial charge in [-0.25, -0.2) is 0 Å². The van der Waals surface area contributed by atoms with Crippen molar-refractivity contribution in [3.05, 3.63) is 64.6 Å². The number of hydrogen-bond donors (Lipinski definition) is 1. The normalized spacial score (nSPS) is 22.1. The first kappa shape index (κ1) is 8.93. The van der Waals surface area contributed by atoms with Crippen LogP contribution in [-0.2, 0) is 0 Å². The smallest absolute Gasteiger partial charge is 0.152 e. The predicted molar refractivity (Wildman–Crippen MR) is 61.2 cm³/mol. The molecule has 2 aliphatic rings. The Balaban J connectivity index is 2.16. The van der Waals surface area contributed by atoms with Gasteiger partial charge in [-0.3, -0.25) is 0 Å². The summed E-state index contributed by atoms with van der Waals surface area (Å²) < 4.78 is 0. The highest BCUT2D eigenvalue weighted by Crippen LogP contribution is 2.45. The second-order valence-corrected chi connectivity index (χ2v) is 4.59. The summed E-state index contributed by atoms with van der Waals surface area (Å²) in [6.07, 6.45) is 8.25. The predicted octanol–water partition coefficient (Wildman–Crippen LogP) is 3.01. The minimum absolute atomic E-state index is 0.505. The van der Waals surface area contributed by atoms with Crippen LogP contribution >= 0.6 is 11.8 Å². The average Bonchev–Trinajstić information content (AvgIpc) is 2.30. The molecule has 1 heterocycles. The largest absolute Gasteiger partial charge is 0.371 e. The zero-order valence-corrected chi connectivity index (χ0v) is 8.79. The first-order valence-corrected chi connectivity index (χ1v) is 5.63. The Morgan fingerprint density at radius 2 is 2.13 bits per heavy atom. The summed E-state index contributed by atoms with van der Waals surface area (Å²) in [7, 11) is 0. The van der Waals surface area contributed by atoms with Gasteiger partial charge in [0.05, 0.1) is 6.08 Å². The van der Waals surface area contributed by atoms with E-state index >= 15 is 0 Å². The van der Waals surface area contributed by atoms with Crippen LogP contribution < -0.4 is 0 Å². The van der Waals surface area contributed by atoms with Crippen molar-refractivity contribution in [1.29, 1.82) is 0 Å². The van der Waals surface area contributed by atoms with E-state index in [4.69, 9.17) is 0 Å². The van der Waals surface area contributed by atoms with Crippen LogP contribution in [0.25, 0.3) is 0 Å². The zero-order valence-electron chi connectivity index (χ0n) is 7.97. The van der Waals surface area contributed by atoms with Crippen molar-refractivity contribution >= 4 is 11.8 Å². The third-order valence-electron chi connectivity index (χ3n) is 2.58. The maximum absolute atomic E-state index is 10.2. The lowest BCUT2D eigenvalue weighted by Gasteiger charge is -2.19. The van der Waals surface area contributed by atoms with Crippen LogP contribution in [0, 0.1) is 6.08 Å². The number of aliphatic hydroxyl groups is 1. The van der Waals surface area contributed by atoms with Crippen LogP contribution in [0.2, 0.25) is 0 Å². The van der Waals surface area contributed by atoms with Crippen molar-refractivity contribution < 1.29 is 5.11 Å². The number of thioether (sulfide) groups is 1. The number of aliphatic hydroxyl groups excluding tert-OH is 1. The Hall–Kier alpha value is -1.34. The molecule has 2 heteroatoms. The third-order valence-corrected chi connectivity index (χ3v) is 3.77. The topological polar surface area (TPSA) is 20.2 Å². The molecule has 3 rings (SSSR count). The van der Waals surface area contributed by atoms with Gasteiger partial charge in [-0.2, -0.15) is 0 Å². The van der Waals surface area contributed by atoms with Crippen LogP contribution in [0.15, 0.2) is 57.9 Å². The molecule has 15 heavy (non-hydrogen) atoms. The quantitative estimate of drug-likeness (QED) is 0.668. The summed E-state index contributed by atoms with van der Waals surface area (Å²) in [5, 5.41) is 10.2. The highest BCUT2D eigenvalue weighted by molar-refractivity contribution is 8.03. The number of hydrogen-bond acceptors (Lipinski definition) is 2. The molecule has 0 radical (unpaired) electrons. The lowest BCUT2D eigenvalue weighted by molar-refractivity contribution is 0.215. The molecule has 1 N–H and O–H groups in total. The second-order valence-electron chi connectivity index (χ2n) is 3.51. The summed E-state index contributed by atoms with van der Waals surface area (Å²) in [6, 6.07) is 7.98. The molecule has 1 aromatic carbocycles. The lowest BCUT2D eigenvalue weighted by atomic mass is 9.98. The monoisotopic (exact) mass is 213 g/mol. The molecule has 1 aromatic rings. The molecule has 1 nitrogen and oxygen atoms in total. The second kappa shape index (κ2) is 3.35. The van der Waals surface area contributed by atoms with E-state index in [1.54, 1.807) is 11.8 Å². The summed E-state index contributed by atoms with van der Waals surface area (Å²) in [6.45, 7) is 0. The third kappa shape index (κ3) is 1.35. The molecule has 1 unspecified atom stereocenters. The van der Waals surface area contributed by atoms with Crippen LogP contribution in [0.4, 0.5) is 0 Å². The number of benzene rings is 1. The van der Waals surface area contributed by atoms with Crippen LogP contribution in [-0.4, -0.2) is 5.11 Å². The molecule has 0 saturated heterocycles. The molecule has 1 aliphatic heterocycles. The Morgan fingerprint density at radius 3 is 3.07 bits per heavy atom. The fraction of sp³-hybridized carbons (Fsp3) is 0.0769. The summed E-state index contributed by atoms with van der Waals surface area (Å²) in [4.78, 5) is 2.27. The SMILES string of the molecule is OC1C2=C(C=C[C+]=C2)Sc2ccccc21.